The lowest BCUT2D eigenvalue weighted by Crippen LogP contribution is -2.14. The average Bonchev–Trinajstić information content (AvgIpc) is 2.41. The number of nitrogens with two attached hydrogens (primary N) is 1. The molecule has 3 N–H and O–H groups in total. The van der Waals surface area contributed by atoms with Crippen LogP contribution in [0.5, 0.6) is 5.75 Å². The summed E-state index contributed by atoms with van der Waals surface area (Å²) in [5, 5.41) is 2.79. The molecule has 1 heterocycles. The van der Waals surface area contributed by atoms with Crippen LogP contribution in [0.4, 0.5) is 11.6 Å². The molecule has 1 aromatic heterocycles. The molecule has 2 aromatic rings. The van der Waals surface area contributed by atoms with E-state index in [0.717, 1.165) is 0 Å². The molecule has 0 radical (unpaired) electrons. The van der Waals surface area contributed by atoms with Gasteiger partial charge in [0.1, 0.15) is 10.9 Å². The molecular formula is C13H13ClN4O2. The van der Waals surface area contributed by atoms with Crippen molar-refractivity contribution in [1.29, 1.82) is 0 Å². The molecule has 0 unspecified atom stereocenters. The minimum absolute atomic E-state index is 0.134. The standard InChI is InChI=1S/C13H13ClN4O2/c1-2-20-10-4-3-8(7-9(10)15)12(19)18-13-16-6-5-11(14)17-13/h3-7H,2,15H2,1H3,(H,16,17,18,19). The molecule has 0 fully saturated rings. The Morgan fingerprint density at radius 2 is 2.25 bits per heavy atom. The molecule has 0 bridgehead atoms. The lowest BCUT2D eigenvalue weighted by atomic mass is 10.2. The van der Waals surface area contributed by atoms with Crippen LogP contribution in [-0.2, 0) is 0 Å². The van der Waals surface area contributed by atoms with Gasteiger partial charge < -0.3 is 10.5 Å². The Bertz CT molecular complexity index is 634. The van der Waals surface area contributed by atoms with Gasteiger partial charge in [-0.15, -0.1) is 0 Å². The van der Waals surface area contributed by atoms with Gasteiger partial charge in [0.05, 0.1) is 12.3 Å². The van der Waals surface area contributed by atoms with Gasteiger partial charge in [-0.05, 0) is 31.2 Å². The third-order valence-electron chi connectivity index (χ3n) is 2.42. The number of ether oxygens (including phenoxy) is 1. The predicted octanol–water partition coefficient (Wildman–Crippen LogP) is 2.36. The Kier molecular flexibility index (Phi) is 4.37. The summed E-state index contributed by atoms with van der Waals surface area (Å²) in [7, 11) is 0. The van der Waals surface area contributed by atoms with Crippen molar-refractivity contribution in [3.63, 3.8) is 0 Å². The average molecular weight is 293 g/mol. The van der Waals surface area contributed by atoms with E-state index in [-0.39, 0.29) is 17.0 Å². The number of carbonyl (C=O) groups is 1. The minimum Gasteiger partial charge on any atom is -0.492 e. The van der Waals surface area contributed by atoms with Crippen LogP contribution < -0.4 is 15.8 Å². The summed E-state index contributed by atoms with van der Waals surface area (Å²) in [6.45, 7) is 2.36. The van der Waals surface area contributed by atoms with Gasteiger partial charge in [-0.1, -0.05) is 11.6 Å². The van der Waals surface area contributed by atoms with E-state index in [1.165, 1.54) is 18.3 Å². The minimum atomic E-state index is -0.373. The topological polar surface area (TPSA) is 90.1 Å². The van der Waals surface area contributed by atoms with Crippen LogP contribution in [0.25, 0.3) is 0 Å². The van der Waals surface area contributed by atoms with Gasteiger partial charge in [-0.2, -0.15) is 0 Å². The van der Waals surface area contributed by atoms with Crippen molar-refractivity contribution in [2.75, 3.05) is 17.7 Å². The van der Waals surface area contributed by atoms with Gasteiger partial charge in [0, 0.05) is 11.8 Å². The monoisotopic (exact) mass is 292 g/mol. The van der Waals surface area contributed by atoms with E-state index in [2.05, 4.69) is 15.3 Å². The number of rotatable bonds is 4. The number of nitrogen functional groups attached to an aromatic ring is 1. The van der Waals surface area contributed by atoms with Crippen LogP contribution in [0.2, 0.25) is 5.15 Å². The van der Waals surface area contributed by atoms with Gasteiger partial charge >= 0.3 is 0 Å². The Hall–Kier alpha value is -2.34. The van der Waals surface area contributed by atoms with Crippen LogP contribution in [-0.4, -0.2) is 22.5 Å². The molecular weight excluding hydrogens is 280 g/mol. The summed E-state index contributed by atoms with van der Waals surface area (Å²) in [5.41, 5.74) is 6.58. The van der Waals surface area contributed by atoms with Crippen LogP contribution in [0.15, 0.2) is 30.5 Å². The number of aromatic nitrogens is 2. The molecule has 0 saturated carbocycles. The second kappa shape index (κ2) is 6.21. The number of amides is 1. The SMILES string of the molecule is CCOc1ccc(C(=O)Nc2nccc(Cl)n2)cc1N. The van der Waals surface area contributed by atoms with Crippen molar-refractivity contribution in [2.45, 2.75) is 6.92 Å². The van der Waals surface area contributed by atoms with Gasteiger partial charge in [0.15, 0.2) is 0 Å². The van der Waals surface area contributed by atoms with Crippen molar-refractivity contribution in [2.24, 2.45) is 0 Å². The Morgan fingerprint density at radius 3 is 2.90 bits per heavy atom. The van der Waals surface area contributed by atoms with Gasteiger partial charge in [0.25, 0.3) is 5.91 Å². The fourth-order valence-electron chi connectivity index (χ4n) is 1.55. The highest BCUT2D eigenvalue weighted by molar-refractivity contribution is 6.29. The lowest BCUT2D eigenvalue weighted by Gasteiger charge is -2.08. The summed E-state index contributed by atoms with van der Waals surface area (Å²) in [6, 6.07) is 6.31. The quantitative estimate of drug-likeness (QED) is 0.667. The van der Waals surface area contributed by atoms with Crippen LogP contribution in [0.3, 0.4) is 0 Å². The first-order valence-corrected chi connectivity index (χ1v) is 6.30. The highest BCUT2D eigenvalue weighted by Gasteiger charge is 2.10. The van der Waals surface area contributed by atoms with E-state index in [4.69, 9.17) is 22.1 Å². The van der Waals surface area contributed by atoms with Crippen LogP contribution in [0, 0.1) is 0 Å². The smallest absolute Gasteiger partial charge is 0.258 e. The van der Waals surface area contributed by atoms with Crippen molar-refractivity contribution in [3.8, 4) is 5.75 Å². The van der Waals surface area contributed by atoms with E-state index in [1.54, 1.807) is 12.1 Å². The molecule has 0 aliphatic rings. The number of nitrogens with one attached hydrogen (secondary N) is 1. The van der Waals surface area contributed by atoms with E-state index in [1.807, 2.05) is 6.92 Å². The lowest BCUT2D eigenvalue weighted by molar-refractivity contribution is 0.102. The fourth-order valence-corrected chi connectivity index (χ4v) is 1.68. The number of anilines is 2. The predicted molar refractivity (Wildman–Crippen MR) is 77.0 cm³/mol. The second-order valence-electron chi connectivity index (χ2n) is 3.84. The molecule has 104 valence electrons. The van der Waals surface area contributed by atoms with Crippen molar-refractivity contribution < 1.29 is 9.53 Å². The van der Waals surface area contributed by atoms with Gasteiger partial charge in [-0.3, -0.25) is 10.1 Å². The third-order valence-corrected chi connectivity index (χ3v) is 2.63. The van der Waals surface area contributed by atoms with E-state index in [9.17, 15) is 4.79 Å². The van der Waals surface area contributed by atoms with Gasteiger partial charge in [-0.25, -0.2) is 9.97 Å². The summed E-state index contributed by atoms with van der Waals surface area (Å²) in [6.07, 6.45) is 1.46. The first-order valence-electron chi connectivity index (χ1n) is 5.92. The number of benzene rings is 1. The number of hydrogen-bond donors (Lipinski definition) is 2. The highest BCUT2D eigenvalue weighted by Crippen LogP contribution is 2.22. The zero-order valence-corrected chi connectivity index (χ0v) is 11.5. The highest BCUT2D eigenvalue weighted by atomic mass is 35.5. The summed E-state index contributed by atoms with van der Waals surface area (Å²) >= 11 is 5.72. The first-order chi connectivity index (χ1) is 9.60. The molecule has 6 nitrogen and oxygen atoms in total. The number of nitrogens with zero attached hydrogens (tertiary/aromatic N) is 2. The number of hydrogen-bond acceptors (Lipinski definition) is 5. The third kappa shape index (κ3) is 3.36. The van der Waals surface area contributed by atoms with E-state index < -0.39 is 0 Å². The molecule has 0 atom stereocenters. The molecule has 20 heavy (non-hydrogen) atoms. The zero-order chi connectivity index (χ0) is 14.5. The number of halogens is 1. The Balaban J connectivity index is 2.15. The van der Waals surface area contributed by atoms with E-state index in [0.29, 0.717) is 23.6 Å². The molecule has 0 aliphatic heterocycles. The molecule has 1 aromatic carbocycles. The zero-order valence-electron chi connectivity index (χ0n) is 10.8. The number of carbonyl (C=O) groups excluding carboxylic acids is 1. The normalized spacial score (nSPS) is 10.1. The Morgan fingerprint density at radius 1 is 1.45 bits per heavy atom. The summed E-state index contributed by atoms with van der Waals surface area (Å²) < 4.78 is 5.31. The van der Waals surface area contributed by atoms with Crippen LogP contribution >= 0.6 is 11.6 Å². The molecule has 0 saturated heterocycles. The summed E-state index contributed by atoms with van der Waals surface area (Å²) in [5.74, 6) is 0.306. The molecule has 1 amide bonds. The Labute approximate surface area is 120 Å². The first kappa shape index (κ1) is 14.1. The van der Waals surface area contributed by atoms with E-state index >= 15 is 0 Å². The van der Waals surface area contributed by atoms with Crippen molar-refractivity contribution in [1.82, 2.24) is 9.97 Å². The van der Waals surface area contributed by atoms with Crippen molar-refractivity contribution >= 4 is 29.1 Å². The second-order valence-corrected chi connectivity index (χ2v) is 4.23. The van der Waals surface area contributed by atoms with Crippen molar-refractivity contribution in [3.05, 3.63) is 41.2 Å². The molecule has 7 heteroatoms. The van der Waals surface area contributed by atoms with Crippen LogP contribution in [0.1, 0.15) is 17.3 Å². The maximum Gasteiger partial charge on any atom is 0.258 e. The summed E-state index contributed by atoms with van der Waals surface area (Å²) in [4.78, 5) is 19.8. The maximum absolute atomic E-state index is 12.0. The largest absolute Gasteiger partial charge is 0.492 e. The molecule has 0 spiro atoms. The van der Waals surface area contributed by atoms with Gasteiger partial charge in [0.2, 0.25) is 5.95 Å². The molecule has 2 rings (SSSR count). The fraction of sp³-hybridized carbons (Fsp3) is 0.154. The maximum atomic E-state index is 12.0. The molecule has 0 aliphatic carbocycles.